The number of primary amides is 1. The minimum absolute atomic E-state index is 0.0647. The number of hydrogen-bond acceptors (Lipinski definition) is 10. The second-order valence-electron chi connectivity index (χ2n) is 12.6. The number of aliphatic hydroxyl groups excluding tert-OH is 2. The number of nitrogens with zero attached hydrogens (tertiary/aromatic N) is 3. The molecule has 11 heteroatoms. The highest BCUT2D eigenvalue weighted by Crippen LogP contribution is 2.56. The van der Waals surface area contributed by atoms with E-state index in [2.05, 4.69) is 16.7 Å². The predicted molar refractivity (Wildman–Crippen MR) is 150 cm³/mol. The first-order chi connectivity index (χ1) is 19.3. The fourth-order valence-corrected chi connectivity index (χ4v) is 8.56. The van der Waals surface area contributed by atoms with Gasteiger partial charge in [0.1, 0.15) is 22.8 Å². The van der Waals surface area contributed by atoms with E-state index in [1.54, 1.807) is 25.1 Å². The van der Waals surface area contributed by atoms with E-state index in [1.165, 1.54) is 0 Å². The second kappa shape index (κ2) is 9.30. The van der Waals surface area contributed by atoms with Crippen molar-refractivity contribution in [2.45, 2.75) is 50.3 Å². The topological polar surface area (TPSA) is 168 Å². The smallest absolute Gasteiger partial charge is 0.255 e. The summed E-state index contributed by atoms with van der Waals surface area (Å²) in [4.78, 5) is 45.9. The largest absolute Gasteiger partial charge is 0.510 e. The lowest BCUT2D eigenvalue weighted by Gasteiger charge is -2.50. The molecule has 2 aliphatic heterocycles. The third kappa shape index (κ3) is 3.58. The molecule has 2 unspecified atom stereocenters. The lowest BCUT2D eigenvalue weighted by Crippen LogP contribution is -2.63. The number of aromatic hydroxyl groups is 1. The summed E-state index contributed by atoms with van der Waals surface area (Å²) in [5, 5.41) is 45.6. The minimum Gasteiger partial charge on any atom is -0.510 e. The standard InChI is InChI=1S/C30H38N4O7/c1-5-7-34-8-6-13-12-33(4)23-15-9-14-10-17-24(32(2)3)26(37)21(29(31)40)28(39)30(17,41)27(38)19(14)25(36)20(15)18(35)11-16(23)22(13)34/h11,13-14,17,22,24,35,37-38,41H,5-10,12H2,1-4H3,(H2,31,40)/t13?,14-,17-,22?,24-,30+/m1/s1. The summed E-state index contributed by atoms with van der Waals surface area (Å²) in [6.07, 6.45) is 2.43. The lowest BCUT2D eigenvalue weighted by atomic mass is 9.58. The van der Waals surface area contributed by atoms with Crippen molar-refractivity contribution >= 4 is 23.2 Å². The van der Waals surface area contributed by atoms with Crippen LogP contribution in [0.15, 0.2) is 28.7 Å². The van der Waals surface area contributed by atoms with E-state index < -0.39 is 58.0 Å². The number of likely N-dealkylation sites (tertiary alicyclic amines) is 1. The van der Waals surface area contributed by atoms with Crippen molar-refractivity contribution in [3.8, 4) is 5.75 Å². The first kappa shape index (κ1) is 27.7. The number of amides is 1. The van der Waals surface area contributed by atoms with E-state index >= 15 is 0 Å². The molecule has 1 aromatic rings. The highest BCUT2D eigenvalue weighted by molar-refractivity contribution is 6.25. The number of Topliss-reactive ketones (excluding diaryl/α,β-unsaturated/α-hetero) is 2. The summed E-state index contributed by atoms with van der Waals surface area (Å²) >= 11 is 0. The number of fused-ring (bicyclic) bond motifs is 7. The Morgan fingerprint density at radius 1 is 1.22 bits per heavy atom. The van der Waals surface area contributed by atoms with Crippen molar-refractivity contribution in [2.24, 2.45) is 23.5 Å². The van der Waals surface area contributed by atoms with Gasteiger partial charge in [-0.2, -0.15) is 0 Å². The molecule has 0 spiro atoms. The Balaban J connectivity index is 1.53. The number of likely N-dealkylation sites (N-methyl/N-ethyl adjacent to an activating group) is 1. The number of carbonyl (C=O) groups is 3. The number of nitrogens with two attached hydrogens (primary N) is 1. The van der Waals surface area contributed by atoms with Crippen molar-refractivity contribution in [1.29, 1.82) is 0 Å². The highest BCUT2D eigenvalue weighted by Gasteiger charge is 2.63. The van der Waals surface area contributed by atoms with E-state index in [-0.39, 0.29) is 29.3 Å². The van der Waals surface area contributed by atoms with Crippen molar-refractivity contribution in [2.75, 3.05) is 45.7 Å². The molecule has 1 fully saturated rings. The minimum atomic E-state index is -2.64. The lowest BCUT2D eigenvalue weighted by molar-refractivity contribution is -0.148. The first-order valence-electron chi connectivity index (χ1n) is 14.3. The van der Waals surface area contributed by atoms with Crippen LogP contribution in [-0.4, -0.2) is 100 Å². The Labute approximate surface area is 238 Å². The molecule has 6 N–H and O–H groups in total. The average molecular weight is 567 g/mol. The van der Waals surface area contributed by atoms with E-state index in [0.29, 0.717) is 17.9 Å². The van der Waals surface area contributed by atoms with Gasteiger partial charge in [0.05, 0.1) is 11.6 Å². The zero-order chi connectivity index (χ0) is 29.7. The predicted octanol–water partition coefficient (Wildman–Crippen LogP) is 1.34. The number of carbonyl (C=O) groups excluding carboxylic acids is 3. The van der Waals surface area contributed by atoms with Gasteiger partial charge in [0.15, 0.2) is 11.4 Å². The second-order valence-corrected chi connectivity index (χ2v) is 12.6. The van der Waals surface area contributed by atoms with Gasteiger partial charge in [0.2, 0.25) is 5.78 Å². The number of rotatable bonds is 4. The molecule has 6 rings (SSSR count). The van der Waals surface area contributed by atoms with Crippen LogP contribution in [0, 0.1) is 17.8 Å². The maximum atomic E-state index is 14.1. The Hall–Kier alpha value is -3.41. The summed E-state index contributed by atoms with van der Waals surface area (Å²) in [5.74, 6) is -5.94. The number of phenolic OH excluding ortho intramolecular Hbond substituents is 1. The van der Waals surface area contributed by atoms with Crippen molar-refractivity contribution in [3.63, 3.8) is 0 Å². The number of allylic oxidation sites excluding steroid dienone is 1. The number of anilines is 1. The molecule has 2 heterocycles. The summed E-state index contributed by atoms with van der Waals surface area (Å²) in [6, 6.07) is 0.798. The summed E-state index contributed by atoms with van der Waals surface area (Å²) in [5.41, 5.74) is 4.50. The molecular formula is C30H38N4O7. The van der Waals surface area contributed by atoms with Crippen LogP contribution in [0.2, 0.25) is 0 Å². The third-order valence-electron chi connectivity index (χ3n) is 10.1. The molecule has 5 aliphatic rings. The zero-order valence-corrected chi connectivity index (χ0v) is 23.8. The van der Waals surface area contributed by atoms with Gasteiger partial charge in [0, 0.05) is 36.8 Å². The Morgan fingerprint density at radius 3 is 2.56 bits per heavy atom. The van der Waals surface area contributed by atoms with Crippen molar-refractivity contribution in [1.82, 2.24) is 9.80 Å². The van der Waals surface area contributed by atoms with Gasteiger partial charge in [-0.15, -0.1) is 0 Å². The van der Waals surface area contributed by atoms with Gasteiger partial charge < -0.3 is 31.1 Å². The van der Waals surface area contributed by atoms with Crippen LogP contribution in [0.3, 0.4) is 0 Å². The average Bonchev–Trinajstić information content (AvgIpc) is 3.28. The van der Waals surface area contributed by atoms with E-state index in [9.17, 15) is 34.8 Å². The number of ketones is 2. The van der Waals surface area contributed by atoms with Crippen LogP contribution in [-0.2, 0) is 16.0 Å². The number of benzene rings is 1. The number of aliphatic hydroxyl groups is 3. The third-order valence-corrected chi connectivity index (χ3v) is 10.1. The zero-order valence-electron chi connectivity index (χ0n) is 23.8. The van der Waals surface area contributed by atoms with Gasteiger partial charge in [-0.25, -0.2) is 0 Å². The molecule has 3 aliphatic carbocycles. The number of phenols is 1. The Bertz CT molecular complexity index is 1450. The first-order valence-corrected chi connectivity index (χ1v) is 14.3. The molecule has 1 amide bonds. The molecule has 0 aromatic heterocycles. The molecule has 0 saturated carbocycles. The summed E-state index contributed by atoms with van der Waals surface area (Å²) in [6.45, 7) is 4.87. The molecule has 6 atom stereocenters. The summed E-state index contributed by atoms with van der Waals surface area (Å²) < 4.78 is 0. The molecular weight excluding hydrogens is 528 g/mol. The fraction of sp³-hybridized carbons (Fsp3) is 0.567. The van der Waals surface area contributed by atoms with E-state index in [1.807, 2.05) is 7.05 Å². The molecule has 0 bridgehead atoms. The van der Waals surface area contributed by atoms with E-state index in [0.717, 1.165) is 43.7 Å². The fourth-order valence-electron chi connectivity index (χ4n) is 8.56. The van der Waals surface area contributed by atoms with Crippen molar-refractivity contribution in [3.05, 3.63) is 45.4 Å². The molecule has 11 nitrogen and oxygen atoms in total. The Kier molecular flexibility index (Phi) is 6.29. The van der Waals surface area contributed by atoms with Crippen LogP contribution < -0.4 is 10.6 Å². The van der Waals surface area contributed by atoms with Gasteiger partial charge in [-0.05, 0) is 81.9 Å². The Morgan fingerprint density at radius 2 is 1.93 bits per heavy atom. The molecule has 1 aromatic carbocycles. The maximum Gasteiger partial charge on any atom is 0.255 e. The normalized spacial score (nSPS) is 33.0. The molecule has 1 saturated heterocycles. The van der Waals surface area contributed by atoms with Crippen LogP contribution in [0.1, 0.15) is 53.7 Å². The summed E-state index contributed by atoms with van der Waals surface area (Å²) in [7, 11) is 5.24. The van der Waals surface area contributed by atoms with Gasteiger partial charge >= 0.3 is 0 Å². The monoisotopic (exact) mass is 566 g/mol. The SMILES string of the molecule is CCCN1CCC2CN(C)c3c(cc(O)c4c3C[C@@H]3C[C@@H]5[C@@H](N(C)C)C(O)=C(C(N)=O)C(=O)[C@@]5(O)C(O)=C3C4=O)C21. The van der Waals surface area contributed by atoms with Crippen LogP contribution >= 0.6 is 0 Å². The van der Waals surface area contributed by atoms with Gasteiger partial charge in [-0.3, -0.25) is 24.2 Å². The van der Waals surface area contributed by atoms with Crippen LogP contribution in [0.5, 0.6) is 5.75 Å². The van der Waals surface area contributed by atoms with E-state index in [4.69, 9.17) is 5.73 Å². The molecule has 0 radical (unpaired) electrons. The van der Waals surface area contributed by atoms with Crippen LogP contribution in [0.25, 0.3) is 0 Å². The maximum absolute atomic E-state index is 14.1. The van der Waals surface area contributed by atoms with Crippen molar-refractivity contribution < 1.29 is 34.8 Å². The highest BCUT2D eigenvalue weighted by atomic mass is 16.3. The van der Waals surface area contributed by atoms with Gasteiger partial charge in [-0.1, -0.05) is 6.92 Å². The van der Waals surface area contributed by atoms with Gasteiger partial charge in [0.25, 0.3) is 5.91 Å². The number of hydrogen-bond donors (Lipinski definition) is 5. The van der Waals surface area contributed by atoms with Crippen LogP contribution in [0.4, 0.5) is 5.69 Å². The quantitative estimate of drug-likeness (QED) is 0.336. The molecule has 220 valence electrons. The molecule has 41 heavy (non-hydrogen) atoms.